The van der Waals surface area contributed by atoms with Crippen molar-refractivity contribution >= 4 is 5.97 Å². The Labute approximate surface area is 247 Å². The third kappa shape index (κ3) is 5.88. The van der Waals surface area contributed by atoms with Crippen molar-refractivity contribution in [3.8, 4) is 5.75 Å². The molecule has 2 heterocycles. The van der Waals surface area contributed by atoms with Crippen molar-refractivity contribution in [3.63, 3.8) is 0 Å². The Morgan fingerprint density at radius 2 is 1.58 bits per heavy atom. The molecule has 2 aliphatic carbocycles. The number of ether oxygens (including phenoxy) is 1. The second kappa shape index (κ2) is 11.0. The molecule has 6 rings (SSSR count). The summed E-state index contributed by atoms with van der Waals surface area (Å²) in [5.74, 6) is 0.336. The average Bonchev–Trinajstić information content (AvgIpc) is 3.74. The summed E-state index contributed by atoms with van der Waals surface area (Å²) in [6.07, 6.45) is -4.05. The van der Waals surface area contributed by atoms with Gasteiger partial charge in [0.25, 0.3) is 0 Å². The van der Waals surface area contributed by atoms with Crippen LogP contribution in [0.5, 0.6) is 5.75 Å². The zero-order valence-electron chi connectivity index (χ0n) is 24.2. The number of alkyl halides is 6. The van der Waals surface area contributed by atoms with Gasteiger partial charge in [0, 0.05) is 25.0 Å². The van der Waals surface area contributed by atoms with Gasteiger partial charge in [-0.3, -0.25) is 9.69 Å². The Kier molecular flexibility index (Phi) is 7.75. The molecular formula is C33H37F6NO3. The van der Waals surface area contributed by atoms with Gasteiger partial charge in [-0.1, -0.05) is 19.1 Å². The van der Waals surface area contributed by atoms with E-state index in [4.69, 9.17) is 4.74 Å². The number of hydrogen-bond acceptors (Lipinski definition) is 3. The predicted molar refractivity (Wildman–Crippen MR) is 148 cm³/mol. The maximum atomic E-state index is 13.9. The molecule has 43 heavy (non-hydrogen) atoms. The highest BCUT2D eigenvalue weighted by Gasteiger charge is 2.49. The Morgan fingerprint density at radius 1 is 0.907 bits per heavy atom. The second-order valence-corrected chi connectivity index (χ2v) is 13.2. The molecule has 2 saturated carbocycles. The molecule has 4 nitrogen and oxygen atoms in total. The van der Waals surface area contributed by atoms with E-state index in [0.717, 1.165) is 55.4 Å². The Bertz CT molecular complexity index is 1360. The molecule has 4 aliphatic rings. The molecule has 2 bridgehead atoms. The number of nitrogens with zero attached hydrogens (tertiary/aromatic N) is 1. The molecule has 2 aliphatic heterocycles. The quantitative estimate of drug-likeness (QED) is 0.321. The summed E-state index contributed by atoms with van der Waals surface area (Å²) >= 11 is 0. The van der Waals surface area contributed by atoms with E-state index < -0.39 is 41.4 Å². The SMILES string of the molecule is C[C@H](C(=O)O)[C@H](c1ccc2c(c1)OC(C1[C@@H]3CC[C@H]1CN([C@H](C)c1cc(C(F)(F)F)ccc1C(F)(F)F)C3)CC2)C1CC1. The van der Waals surface area contributed by atoms with Crippen LogP contribution in [0.3, 0.4) is 0 Å². The Hall–Kier alpha value is -2.75. The summed E-state index contributed by atoms with van der Waals surface area (Å²) < 4.78 is 88.6. The van der Waals surface area contributed by atoms with Gasteiger partial charge in [-0.15, -0.1) is 0 Å². The van der Waals surface area contributed by atoms with Crippen LogP contribution >= 0.6 is 0 Å². The van der Waals surface area contributed by atoms with Crippen LogP contribution in [0, 0.1) is 29.6 Å². The van der Waals surface area contributed by atoms with E-state index in [0.29, 0.717) is 37.2 Å². The average molecular weight is 610 g/mol. The number of benzene rings is 2. The number of fused-ring (bicyclic) bond motifs is 3. The number of carboxylic acid groups (broad SMARTS) is 1. The molecule has 3 fully saturated rings. The molecule has 0 radical (unpaired) electrons. The van der Waals surface area contributed by atoms with Gasteiger partial charge < -0.3 is 9.84 Å². The van der Waals surface area contributed by atoms with Crippen LogP contribution < -0.4 is 4.74 Å². The number of aryl methyl sites for hydroxylation is 1. The molecule has 1 saturated heterocycles. The number of halogens is 6. The van der Waals surface area contributed by atoms with Crippen LogP contribution in [0.1, 0.15) is 85.7 Å². The first-order valence-electron chi connectivity index (χ1n) is 15.3. The lowest BCUT2D eigenvalue weighted by molar-refractivity contribution is -0.142. The number of carbonyl (C=O) groups is 1. The second-order valence-electron chi connectivity index (χ2n) is 13.2. The molecule has 0 spiro atoms. The fourth-order valence-electron chi connectivity index (χ4n) is 8.23. The minimum atomic E-state index is -4.76. The topological polar surface area (TPSA) is 49.8 Å². The maximum absolute atomic E-state index is 13.9. The predicted octanol–water partition coefficient (Wildman–Crippen LogP) is 8.35. The van der Waals surface area contributed by atoms with Gasteiger partial charge in [-0.25, -0.2) is 0 Å². The Morgan fingerprint density at radius 3 is 2.16 bits per heavy atom. The minimum absolute atomic E-state index is 0.0618. The molecular weight excluding hydrogens is 572 g/mol. The van der Waals surface area contributed by atoms with Crippen molar-refractivity contribution in [2.24, 2.45) is 29.6 Å². The largest absolute Gasteiger partial charge is 0.490 e. The number of carboxylic acids is 1. The molecule has 7 atom stereocenters. The van der Waals surface area contributed by atoms with Gasteiger partial charge in [0.05, 0.1) is 17.0 Å². The molecule has 2 aromatic rings. The zero-order valence-corrected chi connectivity index (χ0v) is 24.2. The van der Waals surface area contributed by atoms with Crippen molar-refractivity contribution in [2.45, 2.75) is 82.8 Å². The smallest absolute Gasteiger partial charge is 0.416 e. The normalized spacial score (nSPS) is 28.1. The van der Waals surface area contributed by atoms with Crippen molar-refractivity contribution < 1.29 is 41.0 Å². The fraction of sp³-hybridized carbons (Fsp3) is 0.606. The van der Waals surface area contributed by atoms with E-state index in [1.807, 2.05) is 17.0 Å². The van der Waals surface area contributed by atoms with E-state index in [1.54, 1.807) is 13.8 Å². The lowest BCUT2D eigenvalue weighted by atomic mass is 9.77. The van der Waals surface area contributed by atoms with Crippen LogP contribution in [0.4, 0.5) is 26.3 Å². The third-order valence-corrected chi connectivity index (χ3v) is 10.6. The first-order valence-corrected chi connectivity index (χ1v) is 15.3. The summed E-state index contributed by atoms with van der Waals surface area (Å²) in [5, 5.41) is 9.70. The molecule has 10 heteroatoms. The van der Waals surface area contributed by atoms with Crippen molar-refractivity contribution in [2.75, 3.05) is 13.1 Å². The molecule has 0 amide bonds. The number of aliphatic carboxylic acids is 1. The van der Waals surface area contributed by atoms with Gasteiger partial charge in [-0.05, 0) is 110 Å². The van der Waals surface area contributed by atoms with Crippen LogP contribution in [0.2, 0.25) is 0 Å². The van der Waals surface area contributed by atoms with E-state index in [1.165, 1.54) is 0 Å². The van der Waals surface area contributed by atoms with E-state index in [9.17, 15) is 36.2 Å². The summed E-state index contributed by atoms with van der Waals surface area (Å²) in [6.45, 7) is 4.34. The van der Waals surface area contributed by atoms with Crippen LogP contribution in [-0.4, -0.2) is 35.2 Å². The summed E-state index contributed by atoms with van der Waals surface area (Å²) in [6, 6.07) is 7.02. The molecule has 234 valence electrons. The summed E-state index contributed by atoms with van der Waals surface area (Å²) in [5.41, 5.74) is -0.343. The summed E-state index contributed by atoms with van der Waals surface area (Å²) in [7, 11) is 0. The summed E-state index contributed by atoms with van der Waals surface area (Å²) in [4.78, 5) is 13.7. The van der Waals surface area contributed by atoms with Crippen LogP contribution in [0.15, 0.2) is 36.4 Å². The van der Waals surface area contributed by atoms with Crippen molar-refractivity contribution in [3.05, 3.63) is 64.2 Å². The van der Waals surface area contributed by atoms with Gasteiger partial charge in [0.15, 0.2) is 0 Å². The molecule has 1 N–H and O–H groups in total. The van der Waals surface area contributed by atoms with Crippen LogP contribution in [0.25, 0.3) is 0 Å². The first kappa shape index (κ1) is 30.3. The van der Waals surface area contributed by atoms with E-state index >= 15 is 0 Å². The lowest BCUT2D eigenvalue weighted by Crippen LogP contribution is -2.49. The highest BCUT2D eigenvalue weighted by molar-refractivity contribution is 5.71. The lowest BCUT2D eigenvalue weighted by Gasteiger charge is -2.45. The number of hydrogen-bond donors (Lipinski definition) is 1. The molecule has 2 aromatic carbocycles. The van der Waals surface area contributed by atoms with Gasteiger partial charge in [0.1, 0.15) is 11.9 Å². The third-order valence-electron chi connectivity index (χ3n) is 10.6. The van der Waals surface area contributed by atoms with Crippen LogP contribution in [-0.2, 0) is 23.6 Å². The standard InChI is InChI=1S/C33H37F6NO3/c1-17(31(41)42)29(20-4-5-20)21-6-3-19-9-12-27(43-28(19)13-21)30-22-7-8-23(30)16-40(15-22)18(2)25-14-24(32(34,35)36)10-11-26(25)33(37,38)39/h3,6,10-11,13-14,17-18,20,22-23,27,29-30H,4-5,7-9,12,15-16H2,1-2H3,(H,41,42)/t17-,18+,22-,23+,27?,29-,30?/m0/s1. The Balaban J connectivity index is 1.20. The number of piperidine rings is 1. The van der Waals surface area contributed by atoms with E-state index in [2.05, 4.69) is 6.07 Å². The number of rotatable bonds is 7. The van der Waals surface area contributed by atoms with E-state index in [-0.39, 0.29) is 35.3 Å². The van der Waals surface area contributed by atoms with Gasteiger partial charge in [0.2, 0.25) is 0 Å². The number of likely N-dealkylation sites (tertiary alicyclic amines) is 1. The van der Waals surface area contributed by atoms with Crippen molar-refractivity contribution in [1.82, 2.24) is 4.90 Å². The maximum Gasteiger partial charge on any atom is 0.416 e. The highest BCUT2D eigenvalue weighted by atomic mass is 19.4. The first-order chi connectivity index (χ1) is 20.2. The molecule has 0 aromatic heterocycles. The van der Waals surface area contributed by atoms with Gasteiger partial charge >= 0.3 is 18.3 Å². The van der Waals surface area contributed by atoms with Gasteiger partial charge in [-0.2, -0.15) is 26.3 Å². The monoisotopic (exact) mass is 609 g/mol. The highest BCUT2D eigenvalue weighted by Crippen LogP contribution is 2.51. The minimum Gasteiger partial charge on any atom is -0.490 e. The fourth-order valence-corrected chi connectivity index (χ4v) is 8.23. The van der Waals surface area contributed by atoms with Crippen molar-refractivity contribution in [1.29, 1.82) is 0 Å². The zero-order chi connectivity index (χ0) is 30.8. The molecule has 2 unspecified atom stereocenters.